The first kappa shape index (κ1) is 36.0. The van der Waals surface area contributed by atoms with Crippen LogP contribution >= 0.6 is 0 Å². The number of benzene rings is 9. The number of hydrogen-bond donors (Lipinski definition) is 1. The molecule has 0 saturated heterocycles. The molecule has 0 fully saturated rings. The number of fused-ring (bicyclic) bond motifs is 6. The molecule has 9 aromatic carbocycles. The first-order valence-corrected chi connectivity index (χ1v) is 20.3. The fourth-order valence-electron chi connectivity index (χ4n) is 9.16. The SMILES string of the molecule is CC1(C)c2cccc(-c3ccc(-c4ccc(/C(=C/C(=N)c5ccccc5-c5ccccc5)N=Cc5ccccc5)c5ccccc45)cc3)c2-c2ccc3ccccc3c21. The second-order valence-corrected chi connectivity index (χ2v) is 15.9. The van der Waals surface area contributed by atoms with Gasteiger partial charge in [-0.1, -0.05) is 214 Å². The minimum Gasteiger partial charge on any atom is -0.300 e. The van der Waals surface area contributed by atoms with Crippen molar-refractivity contribution >= 4 is 39.2 Å². The van der Waals surface area contributed by atoms with Crippen LogP contribution in [0.1, 0.15) is 41.7 Å². The van der Waals surface area contributed by atoms with Gasteiger partial charge < -0.3 is 5.41 Å². The minimum absolute atomic E-state index is 0.107. The Kier molecular flexibility index (Phi) is 9.03. The highest BCUT2D eigenvalue weighted by molar-refractivity contribution is 6.16. The molecule has 9 aromatic rings. The lowest BCUT2D eigenvalue weighted by Crippen LogP contribution is -2.15. The van der Waals surface area contributed by atoms with E-state index in [0.717, 1.165) is 55.4 Å². The maximum atomic E-state index is 9.45. The van der Waals surface area contributed by atoms with Crippen LogP contribution in [0.4, 0.5) is 0 Å². The summed E-state index contributed by atoms with van der Waals surface area (Å²) in [4.78, 5) is 5.10. The molecule has 280 valence electrons. The van der Waals surface area contributed by atoms with Crippen LogP contribution < -0.4 is 0 Å². The molecule has 0 spiro atoms. The molecule has 1 N–H and O–H groups in total. The van der Waals surface area contributed by atoms with E-state index in [1.807, 2.05) is 79.0 Å². The van der Waals surface area contributed by atoms with Gasteiger partial charge in [0.25, 0.3) is 0 Å². The van der Waals surface area contributed by atoms with E-state index in [-0.39, 0.29) is 5.41 Å². The topological polar surface area (TPSA) is 36.2 Å². The molecule has 0 atom stereocenters. The molecule has 0 heterocycles. The van der Waals surface area contributed by atoms with Crippen molar-refractivity contribution in [2.45, 2.75) is 19.3 Å². The van der Waals surface area contributed by atoms with Crippen molar-refractivity contribution in [3.63, 3.8) is 0 Å². The van der Waals surface area contributed by atoms with Crippen LogP contribution in [0.2, 0.25) is 0 Å². The molecule has 1 aliphatic rings. The molecule has 0 aromatic heterocycles. The Morgan fingerprint density at radius 3 is 1.83 bits per heavy atom. The number of nitrogens with one attached hydrogen (secondary N) is 1. The molecule has 0 unspecified atom stereocenters. The van der Waals surface area contributed by atoms with Crippen LogP contribution in [0, 0.1) is 5.41 Å². The first-order chi connectivity index (χ1) is 29.0. The van der Waals surface area contributed by atoms with Gasteiger partial charge in [-0.15, -0.1) is 0 Å². The third-order valence-electron chi connectivity index (χ3n) is 12.0. The van der Waals surface area contributed by atoms with Gasteiger partial charge >= 0.3 is 0 Å². The summed E-state index contributed by atoms with van der Waals surface area (Å²) in [5, 5.41) is 14.3. The van der Waals surface area contributed by atoms with Crippen molar-refractivity contribution < 1.29 is 0 Å². The zero-order valence-corrected chi connectivity index (χ0v) is 33.2. The highest BCUT2D eigenvalue weighted by atomic mass is 14.7. The summed E-state index contributed by atoms with van der Waals surface area (Å²) in [6, 6.07) is 70.8. The lowest BCUT2D eigenvalue weighted by molar-refractivity contribution is 0.666. The van der Waals surface area contributed by atoms with E-state index in [0.29, 0.717) is 5.71 Å². The van der Waals surface area contributed by atoms with Gasteiger partial charge in [0.05, 0.1) is 11.4 Å². The van der Waals surface area contributed by atoms with Crippen molar-refractivity contribution in [2.24, 2.45) is 4.99 Å². The highest BCUT2D eigenvalue weighted by Crippen LogP contribution is 2.54. The molecule has 2 heteroatoms. The summed E-state index contributed by atoms with van der Waals surface area (Å²) in [5.74, 6) is 0. The van der Waals surface area contributed by atoms with Crippen LogP contribution in [0.3, 0.4) is 0 Å². The van der Waals surface area contributed by atoms with Gasteiger partial charge in [0.1, 0.15) is 0 Å². The normalized spacial score (nSPS) is 13.2. The van der Waals surface area contributed by atoms with Crippen molar-refractivity contribution in [1.29, 1.82) is 5.41 Å². The Bertz CT molecular complexity index is 3110. The van der Waals surface area contributed by atoms with Crippen LogP contribution in [0.25, 0.3) is 71.7 Å². The fraction of sp³-hybridized carbons (Fsp3) is 0.0526. The number of rotatable bonds is 8. The molecule has 59 heavy (non-hydrogen) atoms. The summed E-state index contributed by atoms with van der Waals surface area (Å²) in [6.45, 7) is 4.73. The zero-order valence-electron chi connectivity index (χ0n) is 33.2. The maximum Gasteiger partial charge on any atom is 0.0729 e. The van der Waals surface area contributed by atoms with E-state index in [9.17, 15) is 5.41 Å². The van der Waals surface area contributed by atoms with Gasteiger partial charge in [-0.2, -0.15) is 0 Å². The Balaban J connectivity index is 1.05. The molecule has 2 nitrogen and oxygen atoms in total. The number of nitrogens with zero attached hydrogens (tertiary/aromatic N) is 1. The molecule has 0 aliphatic heterocycles. The Labute approximate surface area is 346 Å². The van der Waals surface area contributed by atoms with Crippen LogP contribution in [0.15, 0.2) is 211 Å². The molecule has 0 bridgehead atoms. The predicted octanol–water partition coefficient (Wildman–Crippen LogP) is 14.8. The van der Waals surface area contributed by atoms with Crippen LogP contribution in [0.5, 0.6) is 0 Å². The third-order valence-corrected chi connectivity index (χ3v) is 12.0. The lowest BCUT2D eigenvalue weighted by atomic mass is 9.80. The Morgan fingerprint density at radius 1 is 0.458 bits per heavy atom. The third kappa shape index (κ3) is 6.40. The predicted molar refractivity (Wildman–Crippen MR) is 251 cm³/mol. The molecule has 10 rings (SSSR count). The second-order valence-electron chi connectivity index (χ2n) is 15.9. The molecule has 0 radical (unpaired) electrons. The summed E-state index contributed by atoms with van der Waals surface area (Å²) in [5.41, 5.74) is 16.2. The van der Waals surface area contributed by atoms with E-state index < -0.39 is 0 Å². The fourth-order valence-corrected chi connectivity index (χ4v) is 9.16. The average molecular weight is 755 g/mol. The first-order valence-electron chi connectivity index (χ1n) is 20.3. The number of allylic oxidation sites excluding steroid dienone is 1. The maximum absolute atomic E-state index is 9.45. The van der Waals surface area contributed by atoms with Gasteiger partial charge in [0.15, 0.2) is 0 Å². The van der Waals surface area contributed by atoms with Gasteiger partial charge in [0.2, 0.25) is 0 Å². The molecular weight excluding hydrogens is 713 g/mol. The monoisotopic (exact) mass is 754 g/mol. The van der Waals surface area contributed by atoms with Crippen molar-refractivity contribution in [3.05, 3.63) is 234 Å². The minimum atomic E-state index is -0.107. The smallest absolute Gasteiger partial charge is 0.0729 e. The largest absolute Gasteiger partial charge is 0.300 e. The van der Waals surface area contributed by atoms with E-state index in [1.165, 1.54) is 44.2 Å². The lowest BCUT2D eigenvalue weighted by Gasteiger charge is -2.23. The molecule has 0 amide bonds. The molecular formula is C57H42N2. The van der Waals surface area contributed by atoms with Gasteiger partial charge in [-0.3, -0.25) is 4.99 Å². The van der Waals surface area contributed by atoms with Gasteiger partial charge in [0, 0.05) is 22.8 Å². The van der Waals surface area contributed by atoms with E-state index in [4.69, 9.17) is 4.99 Å². The quantitative estimate of drug-likeness (QED) is 0.150. The Morgan fingerprint density at radius 2 is 1.05 bits per heavy atom. The summed E-state index contributed by atoms with van der Waals surface area (Å²) in [7, 11) is 0. The summed E-state index contributed by atoms with van der Waals surface area (Å²) < 4.78 is 0. The molecule has 0 saturated carbocycles. The van der Waals surface area contributed by atoms with Crippen LogP contribution in [-0.4, -0.2) is 11.9 Å². The number of aliphatic imine (C=N–C) groups is 1. The zero-order chi connectivity index (χ0) is 39.9. The Hall–Kier alpha value is -7.42. The average Bonchev–Trinajstić information content (AvgIpc) is 3.54. The summed E-state index contributed by atoms with van der Waals surface area (Å²) in [6.07, 6.45) is 3.81. The van der Waals surface area contributed by atoms with Crippen molar-refractivity contribution in [2.75, 3.05) is 0 Å². The highest BCUT2D eigenvalue weighted by Gasteiger charge is 2.38. The van der Waals surface area contributed by atoms with E-state index in [1.54, 1.807) is 0 Å². The van der Waals surface area contributed by atoms with E-state index in [2.05, 4.69) is 147 Å². The van der Waals surface area contributed by atoms with Crippen LogP contribution in [-0.2, 0) is 5.41 Å². The molecule has 1 aliphatic carbocycles. The van der Waals surface area contributed by atoms with Crippen molar-refractivity contribution in [1.82, 2.24) is 0 Å². The van der Waals surface area contributed by atoms with Gasteiger partial charge in [-0.25, -0.2) is 0 Å². The summed E-state index contributed by atoms with van der Waals surface area (Å²) >= 11 is 0. The number of hydrogen-bond acceptors (Lipinski definition) is 2. The standard InChI is InChI=1S/C57H42N2/c1-57(2)52-27-15-26-45(55(52)51-33-32-40-20-9-10-22-46(40)56(51)57)42-30-28-41(29-31-42)44-34-35-50(48-24-13-12-23-47(44)48)54(59-37-38-16-5-3-6-17-38)36-53(58)49-25-14-11-21-43(49)39-18-7-4-8-19-39/h3-37,58H,1-2H3/b54-36-,58-53?,59-37?. The van der Waals surface area contributed by atoms with Crippen molar-refractivity contribution in [3.8, 4) is 44.5 Å². The van der Waals surface area contributed by atoms with Gasteiger partial charge in [-0.05, 0) is 88.8 Å². The van der Waals surface area contributed by atoms with E-state index >= 15 is 0 Å². The second kappa shape index (κ2) is 14.8.